The van der Waals surface area contributed by atoms with Crippen molar-refractivity contribution < 1.29 is 0 Å². The predicted molar refractivity (Wildman–Crippen MR) is 141 cm³/mol. The molecular weight excluding hydrogens is 434 g/mol. The molecule has 0 spiro atoms. The van der Waals surface area contributed by atoms with Crippen LogP contribution in [0.5, 0.6) is 0 Å². The number of aromatic nitrogens is 4. The molecule has 0 atom stereocenters. The van der Waals surface area contributed by atoms with E-state index in [1.165, 1.54) is 18.5 Å². The van der Waals surface area contributed by atoms with E-state index >= 15 is 0 Å². The smallest absolute Gasteiger partial charge is 0.222 e. The number of nitrogens with one attached hydrogen (secondary N) is 2. The summed E-state index contributed by atoms with van der Waals surface area (Å²) in [5, 5.41) is 3.30. The van der Waals surface area contributed by atoms with Crippen LogP contribution in [0.4, 0.5) is 11.6 Å². The van der Waals surface area contributed by atoms with Gasteiger partial charge in [0.1, 0.15) is 5.82 Å². The lowest BCUT2D eigenvalue weighted by molar-refractivity contribution is 0.313. The first-order valence-electron chi connectivity index (χ1n) is 12.3. The third kappa shape index (κ3) is 4.84. The first kappa shape index (κ1) is 21.6. The summed E-state index contributed by atoms with van der Waals surface area (Å²) in [6.07, 6.45) is 5.95. The van der Waals surface area contributed by atoms with Gasteiger partial charge in [-0.15, -0.1) is 0 Å². The summed E-state index contributed by atoms with van der Waals surface area (Å²) in [5.41, 5.74) is 7.21. The second-order valence-electron chi connectivity index (χ2n) is 9.57. The highest BCUT2D eigenvalue weighted by atomic mass is 15.2. The van der Waals surface area contributed by atoms with Crippen LogP contribution < -0.4 is 10.2 Å². The van der Waals surface area contributed by atoms with Crippen molar-refractivity contribution in [3.8, 4) is 23.2 Å². The molecule has 6 rings (SSSR count). The topological polar surface area (TPSA) is 73.0 Å². The number of rotatable bonds is 4. The number of fused-ring (bicyclic) bond motifs is 1. The second-order valence-corrected chi connectivity index (χ2v) is 9.57. The Bertz CT molecular complexity index is 1420. The number of hydrogen-bond donors (Lipinski definition) is 2. The quantitative estimate of drug-likeness (QED) is 0.445. The normalized spacial score (nSPS) is 16.2. The molecule has 3 heterocycles. The molecular formula is C28H29N7. The van der Waals surface area contributed by atoms with Crippen LogP contribution in [-0.4, -0.2) is 64.1 Å². The summed E-state index contributed by atoms with van der Waals surface area (Å²) in [6, 6.07) is 13.3. The molecule has 35 heavy (non-hydrogen) atoms. The number of hydrogen-bond acceptors (Lipinski definition) is 6. The lowest BCUT2D eigenvalue weighted by atomic mass is 10.0. The second kappa shape index (κ2) is 9.05. The zero-order valence-electron chi connectivity index (χ0n) is 20.2. The van der Waals surface area contributed by atoms with E-state index in [1.54, 1.807) is 12.4 Å². The number of likely N-dealkylation sites (N-methyl/N-ethyl adjacent to an activating group) is 1. The van der Waals surface area contributed by atoms with Crippen molar-refractivity contribution in [1.82, 2.24) is 24.8 Å². The van der Waals surface area contributed by atoms with Gasteiger partial charge in [0, 0.05) is 61.4 Å². The minimum Gasteiger partial charge on any atom is -0.369 e. The van der Waals surface area contributed by atoms with Crippen LogP contribution >= 0.6 is 0 Å². The zero-order chi connectivity index (χ0) is 23.8. The Morgan fingerprint density at radius 1 is 0.971 bits per heavy atom. The third-order valence-corrected chi connectivity index (χ3v) is 6.75. The van der Waals surface area contributed by atoms with Gasteiger partial charge in [-0.25, -0.2) is 15.0 Å². The minimum absolute atomic E-state index is 0.536. The molecule has 1 aliphatic heterocycles. The Morgan fingerprint density at radius 3 is 2.54 bits per heavy atom. The van der Waals surface area contributed by atoms with Crippen molar-refractivity contribution >= 4 is 22.7 Å². The SMILES string of the molecule is Cc1ccc(-c2nc3ccc(N4CCN(C)CC4)cc3[nH]2)cc1C#Cc1cnc(NC2CC2)nc1. The van der Waals surface area contributed by atoms with Crippen LogP contribution in [0.15, 0.2) is 48.8 Å². The molecule has 1 aliphatic carbocycles. The third-order valence-electron chi connectivity index (χ3n) is 6.75. The van der Waals surface area contributed by atoms with Crippen molar-refractivity contribution in [2.75, 3.05) is 43.4 Å². The number of anilines is 2. The van der Waals surface area contributed by atoms with Crippen molar-refractivity contribution in [2.24, 2.45) is 0 Å². The van der Waals surface area contributed by atoms with Gasteiger partial charge < -0.3 is 20.1 Å². The largest absolute Gasteiger partial charge is 0.369 e. The van der Waals surface area contributed by atoms with Gasteiger partial charge in [-0.1, -0.05) is 24.0 Å². The van der Waals surface area contributed by atoms with Gasteiger partial charge >= 0.3 is 0 Å². The maximum Gasteiger partial charge on any atom is 0.222 e. The van der Waals surface area contributed by atoms with E-state index < -0.39 is 0 Å². The molecule has 2 aromatic carbocycles. The highest BCUT2D eigenvalue weighted by Gasteiger charge is 2.21. The molecule has 7 nitrogen and oxygen atoms in total. The number of imidazole rings is 1. The first-order valence-corrected chi connectivity index (χ1v) is 12.3. The van der Waals surface area contributed by atoms with Crippen LogP contribution in [0.2, 0.25) is 0 Å². The van der Waals surface area contributed by atoms with Crippen LogP contribution in [-0.2, 0) is 0 Å². The molecule has 2 aliphatic rings. The minimum atomic E-state index is 0.536. The first-order chi connectivity index (χ1) is 17.1. The predicted octanol–water partition coefficient (Wildman–Crippen LogP) is 4.05. The molecule has 0 radical (unpaired) electrons. The van der Waals surface area contributed by atoms with Crippen LogP contribution in [0.3, 0.4) is 0 Å². The van der Waals surface area contributed by atoms with E-state index in [-0.39, 0.29) is 0 Å². The van der Waals surface area contributed by atoms with E-state index in [9.17, 15) is 0 Å². The van der Waals surface area contributed by atoms with Crippen LogP contribution in [0.25, 0.3) is 22.4 Å². The van der Waals surface area contributed by atoms with E-state index in [0.717, 1.165) is 65.3 Å². The molecule has 1 saturated heterocycles. The van der Waals surface area contributed by atoms with Crippen LogP contribution in [0, 0.1) is 18.8 Å². The molecule has 7 heteroatoms. The summed E-state index contributed by atoms with van der Waals surface area (Å²) >= 11 is 0. The number of aromatic amines is 1. The average molecular weight is 464 g/mol. The molecule has 0 bridgehead atoms. The van der Waals surface area contributed by atoms with E-state index in [2.05, 4.69) is 92.3 Å². The number of nitrogens with zero attached hydrogens (tertiary/aromatic N) is 5. The highest BCUT2D eigenvalue weighted by molar-refractivity contribution is 5.83. The van der Waals surface area contributed by atoms with Crippen molar-refractivity contribution in [3.05, 3.63) is 65.5 Å². The van der Waals surface area contributed by atoms with Crippen LogP contribution in [0.1, 0.15) is 29.5 Å². The maximum atomic E-state index is 4.85. The number of H-pyrrole nitrogens is 1. The summed E-state index contributed by atoms with van der Waals surface area (Å²) in [7, 11) is 2.18. The molecule has 2 N–H and O–H groups in total. The Balaban J connectivity index is 1.23. The Hall–Kier alpha value is -3.89. The van der Waals surface area contributed by atoms with Gasteiger partial charge in [-0.3, -0.25) is 0 Å². The number of benzene rings is 2. The van der Waals surface area contributed by atoms with Gasteiger partial charge in [-0.2, -0.15) is 0 Å². The number of aryl methyl sites for hydroxylation is 1. The van der Waals surface area contributed by atoms with Crippen molar-refractivity contribution in [1.29, 1.82) is 0 Å². The Morgan fingerprint density at radius 2 is 1.77 bits per heavy atom. The molecule has 2 fully saturated rings. The van der Waals surface area contributed by atoms with Crippen molar-refractivity contribution in [3.63, 3.8) is 0 Å². The number of piperazine rings is 1. The van der Waals surface area contributed by atoms with Gasteiger partial charge in [0.15, 0.2) is 0 Å². The lowest BCUT2D eigenvalue weighted by Crippen LogP contribution is -2.44. The standard InChI is InChI=1S/C28H29N7/c1-19-3-5-22(15-21(19)6-4-20-17-29-28(30-18-20)31-23-7-8-23)27-32-25-10-9-24(16-26(25)33-27)35-13-11-34(2)12-14-35/h3,5,9-10,15-18,23H,7-8,11-14H2,1-2H3,(H,32,33)(H,29,30,31). The highest BCUT2D eigenvalue weighted by Crippen LogP contribution is 2.26. The van der Waals surface area contributed by atoms with E-state index in [1.807, 2.05) is 0 Å². The monoisotopic (exact) mass is 463 g/mol. The molecule has 2 aromatic heterocycles. The fourth-order valence-electron chi connectivity index (χ4n) is 4.32. The summed E-state index contributed by atoms with van der Waals surface area (Å²) in [5.74, 6) is 8.04. The summed E-state index contributed by atoms with van der Waals surface area (Å²) in [4.78, 5) is 22.0. The Labute approximate surface area is 205 Å². The zero-order valence-corrected chi connectivity index (χ0v) is 20.2. The Kier molecular flexibility index (Phi) is 5.59. The average Bonchev–Trinajstić information content (AvgIpc) is 3.59. The van der Waals surface area contributed by atoms with E-state index in [0.29, 0.717) is 12.0 Å². The van der Waals surface area contributed by atoms with Gasteiger partial charge in [0.05, 0.1) is 16.6 Å². The fourth-order valence-corrected chi connectivity index (χ4v) is 4.32. The summed E-state index contributed by atoms with van der Waals surface area (Å²) < 4.78 is 0. The molecule has 176 valence electrons. The molecule has 0 unspecified atom stereocenters. The molecule has 0 amide bonds. The lowest BCUT2D eigenvalue weighted by Gasteiger charge is -2.34. The molecule has 4 aromatic rings. The van der Waals surface area contributed by atoms with E-state index in [4.69, 9.17) is 4.98 Å². The van der Waals surface area contributed by atoms with Gasteiger partial charge in [0.25, 0.3) is 0 Å². The fraction of sp³-hybridized carbons (Fsp3) is 0.321. The van der Waals surface area contributed by atoms with Gasteiger partial charge in [-0.05, 0) is 56.6 Å². The van der Waals surface area contributed by atoms with Crippen molar-refractivity contribution in [2.45, 2.75) is 25.8 Å². The summed E-state index contributed by atoms with van der Waals surface area (Å²) in [6.45, 7) is 6.36. The molecule has 1 saturated carbocycles. The van der Waals surface area contributed by atoms with Gasteiger partial charge in [0.2, 0.25) is 5.95 Å². The maximum absolute atomic E-state index is 4.85.